The molecule has 6 rings (SSSR count). The van der Waals surface area contributed by atoms with Gasteiger partial charge in [-0.2, -0.15) is 6.08 Å². The molecule has 1 aliphatic carbocycles. The third kappa shape index (κ3) is 7.74. The topological polar surface area (TPSA) is 0 Å². The molecule has 0 spiro atoms. The van der Waals surface area contributed by atoms with E-state index in [1.54, 1.807) is 0 Å². The summed E-state index contributed by atoms with van der Waals surface area (Å²) in [5.41, 5.74) is 4.09. The average Bonchev–Trinajstić information content (AvgIpc) is 3.58. The van der Waals surface area contributed by atoms with Crippen LogP contribution in [-0.4, -0.2) is 3.21 Å². The Labute approximate surface area is 232 Å². The summed E-state index contributed by atoms with van der Waals surface area (Å²) in [4.78, 5) is 0. The molecule has 0 atom stereocenters. The summed E-state index contributed by atoms with van der Waals surface area (Å²) in [6, 6.07) is 40.4. The first-order valence-corrected chi connectivity index (χ1v) is 13.0. The second-order valence-electron chi connectivity index (χ2n) is 8.11. The van der Waals surface area contributed by atoms with Crippen molar-refractivity contribution in [3.8, 4) is 0 Å². The van der Waals surface area contributed by atoms with Gasteiger partial charge >= 0.3 is 99.2 Å². The van der Waals surface area contributed by atoms with Crippen molar-refractivity contribution in [2.45, 2.75) is 19.8 Å². The molecule has 1 aliphatic rings. The summed E-state index contributed by atoms with van der Waals surface area (Å²) in [7, 11) is 0. The molecule has 0 N–H and O–H groups in total. The number of fused-ring (bicyclic) bond motifs is 3. The zero-order chi connectivity index (χ0) is 23.6. The van der Waals surface area contributed by atoms with Crippen LogP contribution in [-0.2, 0) is 24.2 Å². The number of hydrogen-bond acceptors (Lipinski definition) is 0. The van der Waals surface area contributed by atoms with Crippen molar-refractivity contribution in [1.82, 2.24) is 0 Å². The second-order valence-corrected chi connectivity index (χ2v) is 9.34. The third-order valence-electron chi connectivity index (χ3n) is 5.83. The van der Waals surface area contributed by atoms with E-state index in [-0.39, 0.29) is 14.9 Å². The molecular formula is C35H34Zr-4. The Kier molecular flexibility index (Phi) is 12.3. The maximum atomic E-state index is 3.11. The molecule has 0 aliphatic heterocycles. The smallest absolute Gasteiger partial charge is 0.0771 e. The van der Waals surface area contributed by atoms with Crippen LogP contribution in [0.1, 0.15) is 30.9 Å². The Morgan fingerprint density at radius 1 is 0.694 bits per heavy atom. The normalized spacial score (nSPS) is 11.2. The fraction of sp³-hybridized carbons (Fsp3) is 0.0857. The van der Waals surface area contributed by atoms with Gasteiger partial charge in [0.05, 0.1) is 0 Å². The van der Waals surface area contributed by atoms with Crippen LogP contribution in [0, 0.1) is 20.9 Å². The van der Waals surface area contributed by atoms with Crippen LogP contribution in [0.15, 0.2) is 133 Å². The van der Waals surface area contributed by atoms with Crippen LogP contribution in [0.4, 0.5) is 0 Å². The zero-order valence-corrected chi connectivity index (χ0v) is 24.0. The van der Waals surface area contributed by atoms with E-state index < -0.39 is 0 Å². The standard InChI is InChI=1S/C13H9.C13H10.C7H9.2CH3.Zr/c1-3-7-12-10(5-1)9-11-6-2-4-8-13(11)12;1-3-7-12(8-4-1)11-13-9-5-2-6-10-13;1-2-7-5-3-4-6-7;;;/h1-9H;1-10H;5-6H,2-3H2,1H3;2*1H3;/q-1;;3*-1;. The Hall–Kier alpha value is -3.02. The van der Waals surface area contributed by atoms with Crippen molar-refractivity contribution in [2.24, 2.45) is 0 Å². The van der Waals surface area contributed by atoms with Gasteiger partial charge in [-0.25, -0.2) is 11.6 Å². The third-order valence-corrected chi connectivity index (χ3v) is 7.24. The molecule has 0 saturated carbocycles. The fourth-order valence-corrected chi connectivity index (χ4v) is 4.78. The van der Waals surface area contributed by atoms with Crippen LogP contribution >= 0.6 is 0 Å². The molecular weight excluding hydrogens is 512 g/mol. The van der Waals surface area contributed by atoms with Gasteiger partial charge in [0.15, 0.2) is 0 Å². The Bertz CT molecular complexity index is 1310. The average molecular weight is 546 g/mol. The Balaban J connectivity index is 0.000000194. The van der Waals surface area contributed by atoms with Crippen LogP contribution in [0.5, 0.6) is 0 Å². The van der Waals surface area contributed by atoms with Gasteiger partial charge in [0.2, 0.25) is 0 Å². The monoisotopic (exact) mass is 544 g/mol. The fourth-order valence-electron chi connectivity index (χ4n) is 3.97. The summed E-state index contributed by atoms with van der Waals surface area (Å²) in [5, 5.41) is 5.39. The van der Waals surface area contributed by atoms with Gasteiger partial charge in [0.25, 0.3) is 0 Å². The SMILES string of the molecule is CCC1=CC[C-]=C1.[CH3-].[CH3-].[Zr]=[C](c1ccccc1)c1ccccc1.c1ccc2c(c1)[cH-]c1ccccc12. The number of rotatable bonds is 3. The summed E-state index contributed by atoms with van der Waals surface area (Å²) < 4.78 is 1.42. The van der Waals surface area contributed by atoms with Crippen molar-refractivity contribution in [3.63, 3.8) is 0 Å². The van der Waals surface area contributed by atoms with Gasteiger partial charge in [0.1, 0.15) is 0 Å². The first-order chi connectivity index (χ1) is 16.8. The molecule has 0 amide bonds. The van der Waals surface area contributed by atoms with E-state index in [0.717, 1.165) is 12.8 Å². The molecule has 0 fully saturated rings. The van der Waals surface area contributed by atoms with Gasteiger partial charge in [-0.3, -0.25) is 6.08 Å². The van der Waals surface area contributed by atoms with Crippen LogP contribution in [0.3, 0.4) is 0 Å². The van der Waals surface area contributed by atoms with E-state index in [1.165, 1.54) is 65.7 Å². The number of hydrogen-bond donors (Lipinski definition) is 0. The molecule has 0 unspecified atom stereocenters. The minimum Gasteiger partial charge on any atom is -0.126 e. The molecule has 36 heavy (non-hydrogen) atoms. The predicted molar refractivity (Wildman–Crippen MR) is 157 cm³/mol. The largest absolute Gasteiger partial charge is 0.126 e. The van der Waals surface area contributed by atoms with Crippen molar-refractivity contribution in [1.29, 1.82) is 0 Å². The van der Waals surface area contributed by atoms with Crippen LogP contribution in [0.2, 0.25) is 0 Å². The quantitative estimate of drug-likeness (QED) is 0.198. The van der Waals surface area contributed by atoms with E-state index in [9.17, 15) is 0 Å². The Morgan fingerprint density at radius 2 is 1.14 bits per heavy atom. The van der Waals surface area contributed by atoms with Gasteiger partial charge in [0, 0.05) is 0 Å². The van der Waals surface area contributed by atoms with Gasteiger partial charge in [-0.05, 0) is 0 Å². The zero-order valence-electron chi connectivity index (χ0n) is 21.5. The first kappa shape index (κ1) is 29.2. The number of benzene rings is 4. The van der Waals surface area contributed by atoms with E-state index in [2.05, 4.69) is 140 Å². The molecule has 0 radical (unpaired) electrons. The predicted octanol–water partition coefficient (Wildman–Crippen LogP) is 9.50. The van der Waals surface area contributed by atoms with E-state index in [4.69, 9.17) is 0 Å². The molecule has 0 heterocycles. The molecule has 0 nitrogen and oxygen atoms in total. The second kappa shape index (κ2) is 15.2. The van der Waals surface area contributed by atoms with Gasteiger partial charge in [-0.1, -0.05) is 49.7 Å². The summed E-state index contributed by atoms with van der Waals surface area (Å²) in [6.07, 6.45) is 9.57. The molecule has 5 aromatic carbocycles. The molecule has 1 heteroatoms. The maximum absolute atomic E-state index is 3.11. The molecule has 0 aromatic heterocycles. The van der Waals surface area contributed by atoms with Gasteiger partial charge < -0.3 is 14.9 Å². The maximum Gasteiger partial charge on any atom is -0.0771 e. The molecule has 0 saturated heterocycles. The first-order valence-electron chi connectivity index (χ1n) is 11.7. The van der Waals surface area contributed by atoms with Gasteiger partial charge in [-0.15, -0.1) is 46.2 Å². The number of allylic oxidation sites excluding steroid dienone is 4. The minimum atomic E-state index is 0. The summed E-state index contributed by atoms with van der Waals surface area (Å²) in [5.74, 6) is 0. The van der Waals surface area contributed by atoms with Crippen molar-refractivity contribution >= 4 is 24.8 Å². The van der Waals surface area contributed by atoms with Crippen molar-refractivity contribution in [2.75, 3.05) is 0 Å². The van der Waals surface area contributed by atoms with Crippen molar-refractivity contribution in [3.05, 3.63) is 165 Å². The van der Waals surface area contributed by atoms with Crippen molar-refractivity contribution < 1.29 is 24.2 Å². The van der Waals surface area contributed by atoms with Crippen LogP contribution in [0.25, 0.3) is 21.5 Å². The summed E-state index contributed by atoms with van der Waals surface area (Å²) >= 11 is 1.46. The summed E-state index contributed by atoms with van der Waals surface area (Å²) in [6.45, 7) is 2.16. The molecule has 5 aromatic rings. The van der Waals surface area contributed by atoms with E-state index >= 15 is 0 Å². The Morgan fingerprint density at radius 3 is 1.53 bits per heavy atom. The molecule has 0 bridgehead atoms. The van der Waals surface area contributed by atoms with Crippen LogP contribution < -0.4 is 0 Å². The minimum absolute atomic E-state index is 0. The van der Waals surface area contributed by atoms with E-state index in [1.807, 2.05) is 0 Å². The van der Waals surface area contributed by atoms with E-state index in [0.29, 0.717) is 0 Å². The molecule has 182 valence electrons.